The molecule has 0 saturated heterocycles. The van der Waals surface area contributed by atoms with Crippen molar-refractivity contribution < 1.29 is 17.6 Å². The first-order valence-corrected chi connectivity index (χ1v) is 14.8. The van der Waals surface area contributed by atoms with E-state index in [1.807, 2.05) is 47.3 Å². The van der Waals surface area contributed by atoms with Gasteiger partial charge in [0.15, 0.2) is 5.82 Å². The SMILES string of the molecule is Cc1nc(N([C@@H](Cc2ccc(NOS(=O)O)cc2)c2csc(-c3cccs3)n2)[S+](C)[O-])cs1. The fourth-order valence-electron chi connectivity index (χ4n) is 3.20. The van der Waals surface area contributed by atoms with Crippen LogP contribution in [0.4, 0.5) is 11.5 Å². The van der Waals surface area contributed by atoms with Crippen LogP contribution in [0.3, 0.4) is 0 Å². The van der Waals surface area contributed by atoms with Gasteiger partial charge in [0, 0.05) is 17.2 Å². The van der Waals surface area contributed by atoms with Crippen LogP contribution in [0.2, 0.25) is 0 Å². The number of nitrogens with one attached hydrogen (secondary N) is 1. The summed E-state index contributed by atoms with van der Waals surface area (Å²) in [5.74, 6) is 0.658. The molecule has 2 unspecified atom stereocenters. The fraction of sp³-hybridized carbons (Fsp3) is 0.200. The molecule has 3 heterocycles. The van der Waals surface area contributed by atoms with E-state index in [9.17, 15) is 8.76 Å². The van der Waals surface area contributed by atoms with E-state index < -0.39 is 22.7 Å². The lowest BCUT2D eigenvalue weighted by atomic mass is 10.0. The molecule has 0 radical (unpaired) electrons. The summed E-state index contributed by atoms with van der Waals surface area (Å²) in [7, 11) is 0. The Morgan fingerprint density at radius 3 is 2.61 bits per heavy atom. The summed E-state index contributed by atoms with van der Waals surface area (Å²) in [5, 5.41) is 7.77. The molecule has 3 aromatic heterocycles. The minimum atomic E-state index is -2.41. The Morgan fingerprint density at radius 2 is 2.00 bits per heavy atom. The normalized spacial score (nSPS) is 14.1. The molecule has 0 bridgehead atoms. The van der Waals surface area contributed by atoms with Gasteiger partial charge in [0.1, 0.15) is 17.3 Å². The minimum absolute atomic E-state index is 0.303. The van der Waals surface area contributed by atoms with Crippen LogP contribution < -0.4 is 9.79 Å². The molecule has 4 aromatic rings. The second-order valence-electron chi connectivity index (χ2n) is 6.85. The highest BCUT2D eigenvalue weighted by molar-refractivity contribution is 7.92. The largest absolute Gasteiger partial charge is 0.593 e. The van der Waals surface area contributed by atoms with Gasteiger partial charge in [0.05, 0.1) is 32.6 Å². The second kappa shape index (κ2) is 11.1. The van der Waals surface area contributed by atoms with E-state index in [0.29, 0.717) is 17.9 Å². The van der Waals surface area contributed by atoms with E-state index in [-0.39, 0.29) is 6.04 Å². The minimum Gasteiger partial charge on any atom is -0.593 e. The smallest absolute Gasteiger partial charge is 0.324 e. The Labute approximate surface area is 209 Å². The molecule has 0 aliphatic heterocycles. The first kappa shape index (κ1) is 24.3. The van der Waals surface area contributed by atoms with Gasteiger partial charge in [-0.2, -0.15) is 8.51 Å². The number of rotatable bonds is 10. The monoisotopic (exact) mass is 540 g/mol. The number of benzene rings is 1. The standard InChI is InChI=1S/C20H20N4O4S5/c1-13-21-19(12-30-13)24(32(2)25)17(16-11-31-20(22-16)18-4-3-9-29-18)10-14-5-7-15(8-6-14)23-28-33(26)27/h3-9,11-12,17,23H,10H2,1-2H3,(H,26,27)/t17-,32?/m0/s1. The van der Waals surface area contributed by atoms with Gasteiger partial charge < -0.3 is 4.55 Å². The lowest BCUT2D eigenvalue weighted by molar-refractivity contribution is 0.373. The number of thiazole rings is 2. The third kappa shape index (κ3) is 6.19. The number of aryl methyl sites for hydroxylation is 1. The molecule has 2 N–H and O–H groups in total. The van der Waals surface area contributed by atoms with Crippen LogP contribution in [0.15, 0.2) is 52.5 Å². The van der Waals surface area contributed by atoms with Crippen LogP contribution in [0.25, 0.3) is 9.88 Å². The van der Waals surface area contributed by atoms with Crippen molar-refractivity contribution in [2.45, 2.75) is 19.4 Å². The fourth-order valence-corrected chi connectivity index (χ4v) is 6.60. The number of aromatic nitrogens is 2. The van der Waals surface area contributed by atoms with Gasteiger partial charge in [-0.3, -0.25) is 4.55 Å². The quantitative estimate of drug-likeness (QED) is 0.160. The third-order valence-corrected chi connectivity index (χ3v) is 8.48. The van der Waals surface area contributed by atoms with Crippen molar-refractivity contribution in [1.82, 2.24) is 9.97 Å². The van der Waals surface area contributed by atoms with E-state index in [4.69, 9.17) is 9.54 Å². The number of hydrogen-bond acceptors (Lipinski definition) is 10. The van der Waals surface area contributed by atoms with Crippen molar-refractivity contribution in [2.24, 2.45) is 0 Å². The highest BCUT2D eigenvalue weighted by Crippen LogP contribution is 2.36. The van der Waals surface area contributed by atoms with Crippen LogP contribution in [-0.4, -0.2) is 29.5 Å². The molecule has 3 atom stereocenters. The number of nitrogens with zero attached hydrogens (tertiary/aromatic N) is 3. The van der Waals surface area contributed by atoms with Gasteiger partial charge in [-0.15, -0.1) is 38.3 Å². The Balaban J connectivity index is 1.66. The second-order valence-corrected chi connectivity index (χ2v) is 11.6. The van der Waals surface area contributed by atoms with Crippen LogP contribution in [-0.2, 0) is 33.4 Å². The molecule has 4 rings (SSSR count). The molecule has 33 heavy (non-hydrogen) atoms. The summed E-state index contributed by atoms with van der Waals surface area (Å²) in [6, 6.07) is 11.0. The Bertz CT molecular complexity index is 1190. The van der Waals surface area contributed by atoms with E-state index in [2.05, 4.69) is 14.7 Å². The van der Waals surface area contributed by atoms with Crippen molar-refractivity contribution in [1.29, 1.82) is 0 Å². The molecule has 8 nitrogen and oxygen atoms in total. The molecule has 13 heteroatoms. The number of anilines is 2. The van der Waals surface area contributed by atoms with Crippen LogP contribution >= 0.6 is 34.0 Å². The Morgan fingerprint density at radius 1 is 1.21 bits per heavy atom. The summed E-state index contributed by atoms with van der Waals surface area (Å²) in [6.07, 6.45) is 2.18. The van der Waals surface area contributed by atoms with Crippen molar-refractivity contribution in [3.05, 3.63) is 68.8 Å². The summed E-state index contributed by atoms with van der Waals surface area (Å²) in [4.78, 5) is 10.6. The molecule has 0 fully saturated rings. The van der Waals surface area contributed by atoms with Gasteiger partial charge in [-0.25, -0.2) is 15.4 Å². The van der Waals surface area contributed by atoms with Crippen molar-refractivity contribution in [2.75, 3.05) is 16.0 Å². The summed E-state index contributed by atoms with van der Waals surface area (Å²) >= 11 is 0.963. The van der Waals surface area contributed by atoms with Crippen molar-refractivity contribution in [3.8, 4) is 9.88 Å². The van der Waals surface area contributed by atoms with Crippen molar-refractivity contribution in [3.63, 3.8) is 0 Å². The molecule has 0 spiro atoms. The summed E-state index contributed by atoms with van der Waals surface area (Å²) in [5.41, 5.74) is 4.76. The van der Waals surface area contributed by atoms with Gasteiger partial charge in [0.2, 0.25) is 0 Å². The maximum atomic E-state index is 12.9. The maximum Gasteiger partial charge on any atom is 0.324 e. The van der Waals surface area contributed by atoms with Crippen LogP contribution in [0.1, 0.15) is 22.3 Å². The zero-order valence-corrected chi connectivity index (χ0v) is 21.6. The average molecular weight is 541 g/mol. The van der Waals surface area contributed by atoms with Crippen molar-refractivity contribution >= 4 is 68.2 Å². The van der Waals surface area contributed by atoms with Crippen LogP contribution in [0, 0.1) is 6.92 Å². The molecule has 1 aromatic carbocycles. The lowest BCUT2D eigenvalue weighted by Gasteiger charge is -2.29. The molecule has 174 valence electrons. The van der Waals surface area contributed by atoms with E-state index in [0.717, 1.165) is 26.1 Å². The summed E-state index contributed by atoms with van der Waals surface area (Å²) in [6.45, 7) is 1.92. The molecule has 0 aliphatic rings. The summed E-state index contributed by atoms with van der Waals surface area (Å²) < 4.78 is 38.6. The predicted molar refractivity (Wildman–Crippen MR) is 137 cm³/mol. The Hall–Kier alpha value is -1.84. The van der Waals surface area contributed by atoms with E-state index in [1.165, 1.54) is 11.3 Å². The predicted octanol–water partition coefficient (Wildman–Crippen LogP) is 5.20. The highest BCUT2D eigenvalue weighted by atomic mass is 32.2. The number of hydrogen-bond donors (Lipinski definition) is 2. The van der Waals surface area contributed by atoms with Gasteiger partial charge in [-0.1, -0.05) is 18.2 Å². The first-order valence-electron chi connectivity index (χ1n) is 9.58. The topological polar surface area (TPSA) is 111 Å². The first-order chi connectivity index (χ1) is 15.9. The van der Waals surface area contributed by atoms with Gasteiger partial charge in [-0.05, 0) is 36.1 Å². The zero-order valence-electron chi connectivity index (χ0n) is 17.5. The average Bonchev–Trinajstić information content (AvgIpc) is 3.54. The lowest BCUT2D eigenvalue weighted by Crippen LogP contribution is -2.36. The molecule has 0 saturated carbocycles. The van der Waals surface area contributed by atoms with Gasteiger partial charge >= 0.3 is 11.4 Å². The van der Waals surface area contributed by atoms with Crippen LogP contribution in [0.5, 0.6) is 0 Å². The highest BCUT2D eigenvalue weighted by Gasteiger charge is 2.32. The van der Waals surface area contributed by atoms with E-state index in [1.54, 1.807) is 45.4 Å². The number of thiophene rings is 1. The molecule has 0 amide bonds. The molecular formula is C20H20N4O4S5. The third-order valence-electron chi connectivity index (χ3n) is 4.60. The van der Waals surface area contributed by atoms with Gasteiger partial charge in [0.25, 0.3) is 0 Å². The molecule has 0 aliphatic carbocycles. The Kier molecular flexibility index (Phi) is 8.14. The maximum absolute atomic E-state index is 12.9. The van der Waals surface area contributed by atoms with E-state index >= 15 is 0 Å². The molecular weight excluding hydrogens is 521 g/mol. The zero-order chi connectivity index (χ0) is 23.4.